The van der Waals surface area contributed by atoms with Crippen molar-refractivity contribution in [3.05, 3.63) is 24.5 Å². The molecule has 0 aliphatic carbocycles. The Morgan fingerprint density at radius 3 is 2.62 bits per heavy atom. The molecule has 1 nitrogen and oxygen atoms in total. The summed E-state index contributed by atoms with van der Waals surface area (Å²) in [5, 5.41) is 0. The molecule has 0 saturated heterocycles. The van der Waals surface area contributed by atoms with Crippen molar-refractivity contribution in [3.8, 4) is 0 Å². The molecule has 0 aromatic carbocycles. The van der Waals surface area contributed by atoms with E-state index in [1.165, 1.54) is 0 Å². The molecule has 0 fully saturated rings. The maximum atomic E-state index is 3.00. The van der Waals surface area contributed by atoms with Crippen LogP contribution in [-0.2, 0) is 6.54 Å². The molecule has 0 saturated carbocycles. The van der Waals surface area contributed by atoms with E-state index in [2.05, 4.69) is 13.1 Å². The van der Waals surface area contributed by atoms with Gasteiger partial charge in [-0.1, -0.05) is 0 Å². The Hall–Kier alpha value is -0.123. The number of nitrogens with zero attached hydrogens (tertiary/aromatic N) is 1. The molecule has 0 N–H and O–H groups in total. The van der Waals surface area contributed by atoms with Crippen LogP contribution in [0.4, 0.5) is 0 Å². The van der Waals surface area contributed by atoms with Crippen molar-refractivity contribution in [1.29, 1.82) is 0 Å². The molecule has 1 heterocycles. The second-order valence-corrected chi connectivity index (χ2v) is 1.42. The Labute approximate surface area is 61.9 Å². The Kier molecular flexibility index (Phi) is 3.77. The van der Waals surface area contributed by atoms with Crippen LogP contribution < -0.4 is 18.9 Å². The molecule has 2 heteroatoms. The Morgan fingerprint density at radius 2 is 2.38 bits per heavy atom. The first kappa shape index (κ1) is 7.88. The number of hydrogen-bond acceptors (Lipinski definition) is 0. The SMILES string of the molecule is CCn1[c-]ccc1.[Li+]. The van der Waals surface area contributed by atoms with Gasteiger partial charge in [-0.3, -0.25) is 0 Å². The van der Waals surface area contributed by atoms with Gasteiger partial charge in [-0.05, 0) is 13.5 Å². The van der Waals surface area contributed by atoms with Crippen LogP contribution in [0.15, 0.2) is 18.3 Å². The fourth-order valence-electron chi connectivity index (χ4n) is 0.525. The van der Waals surface area contributed by atoms with Gasteiger partial charge < -0.3 is 4.57 Å². The van der Waals surface area contributed by atoms with E-state index >= 15 is 0 Å². The Morgan fingerprint density at radius 1 is 1.62 bits per heavy atom. The fourth-order valence-corrected chi connectivity index (χ4v) is 0.525. The number of rotatable bonds is 1. The minimum Gasteiger partial charge on any atom is -0.471 e. The molecule has 1 rings (SSSR count). The van der Waals surface area contributed by atoms with E-state index in [1.54, 1.807) is 0 Å². The van der Waals surface area contributed by atoms with E-state index in [0.29, 0.717) is 0 Å². The molecule has 0 radical (unpaired) electrons. The van der Waals surface area contributed by atoms with Gasteiger partial charge in [0.15, 0.2) is 0 Å². The quantitative estimate of drug-likeness (QED) is 0.294. The number of aromatic nitrogens is 1. The third-order valence-electron chi connectivity index (χ3n) is 0.943. The summed E-state index contributed by atoms with van der Waals surface area (Å²) in [4.78, 5) is 0. The van der Waals surface area contributed by atoms with Gasteiger partial charge in [0, 0.05) is 0 Å². The summed E-state index contributed by atoms with van der Waals surface area (Å²) < 4.78 is 2.00. The summed E-state index contributed by atoms with van der Waals surface area (Å²) in [6.45, 7) is 3.11. The van der Waals surface area contributed by atoms with Gasteiger partial charge in [-0.2, -0.15) is 12.1 Å². The molecule has 0 spiro atoms. The first-order valence-electron chi connectivity index (χ1n) is 2.46. The second-order valence-electron chi connectivity index (χ2n) is 1.42. The molecular weight excluding hydrogens is 93.0 g/mol. The minimum absolute atomic E-state index is 0. The van der Waals surface area contributed by atoms with Crippen molar-refractivity contribution in [2.24, 2.45) is 0 Å². The van der Waals surface area contributed by atoms with Crippen LogP contribution in [-0.4, -0.2) is 4.57 Å². The molecular formula is C6H8LiN. The molecule has 38 valence electrons. The average molecular weight is 101 g/mol. The molecule has 0 unspecified atom stereocenters. The van der Waals surface area contributed by atoms with E-state index in [4.69, 9.17) is 0 Å². The van der Waals surface area contributed by atoms with Crippen molar-refractivity contribution in [3.63, 3.8) is 0 Å². The van der Waals surface area contributed by atoms with E-state index in [1.807, 2.05) is 22.9 Å². The first-order chi connectivity index (χ1) is 3.43. The van der Waals surface area contributed by atoms with Crippen molar-refractivity contribution in [2.45, 2.75) is 13.5 Å². The Bertz CT molecular complexity index is 123. The third-order valence-corrected chi connectivity index (χ3v) is 0.943. The molecule has 0 bridgehead atoms. The van der Waals surface area contributed by atoms with Crippen molar-refractivity contribution in [1.82, 2.24) is 4.57 Å². The zero-order chi connectivity index (χ0) is 5.11. The van der Waals surface area contributed by atoms with Crippen molar-refractivity contribution < 1.29 is 18.9 Å². The normalized spacial score (nSPS) is 8.12. The molecule has 0 amide bonds. The fraction of sp³-hybridized carbons (Fsp3) is 0.333. The monoisotopic (exact) mass is 101 g/mol. The second kappa shape index (κ2) is 3.83. The summed E-state index contributed by atoms with van der Waals surface area (Å²) in [7, 11) is 0. The smallest absolute Gasteiger partial charge is 0.471 e. The van der Waals surface area contributed by atoms with Crippen molar-refractivity contribution in [2.75, 3.05) is 0 Å². The molecule has 0 aliphatic rings. The van der Waals surface area contributed by atoms with Gasteiger partial charge in [0.25, 0.3) is 0 Å². The maximum absolute atomic E-state index is 3.00. The first-order valence-corrected chi connectivity index (χ1v) is 2.46. The van der Waals surface area contributed by atoms with Crippen LogP contribution in [0.1, 0.15) is 6.92 Å². The summed E-state index contributed by atoms with van der Waals surface area (Å²) in [5.74, 6) is 0. The number of aryl methyl sites for hydroxylation is 1. The largest absolute Gasteiger partial charge is 1.00 e. The van der Waals surface area contributed by atoms with Gasteiger partial charge in [-0.25, -0.2) is 0 Å². The van der Waals surface area contributed by atoms with E-state index in [9.17, 15) is 0 Å². The predicted octanol–water partition coefficient (Wildman–Crippen LogP) is -1.69. The zero-order valence-corrected chi connectivity index (χ0v) is 5.39. The van der Waals surface area contributed by atoms with Crippen LogP contribution in [0.3, 0.4) is 0 Å². The standard InChI is InChI=1S/C6H8N.Li/c1-2-7-5-3-4-6-7;/h3-5H,2H2,1H3;/q-1;+1. The zero-order valence-electron chi connectivity index (χ0n) is 5.39. The van der Waals surface area contributed by atoms with E-state index in [-0.39, 0.29) is 18.9 Å². The van der Waals surface area contributed by atoms with Crippen LogP contribution in [0.2, 0.25) is 0 Å². The van der Waals surface area contributed by atoms with Crippen LogP contribution in [0, 0.1) is 6.20 Å². The predicted molar refractivity (Wildman–Crippen MR) is 28.9 cm³/mol. The summed E-state index contributed by atoms with van der Waals surface area (Å²) in [6, 6.07) is 3.88. The molecule has 8 heavy (non-hydrogen) atoms. The van der Waals surface area contributed by atoms with Crippen LogP contribution in [0.25, 0.3) is 0 Å². The summed E-state index contributed by atoms with van der Waals surface area (Å²) >= 11 is 0. The van der Waals surface area contributed by atoms with Gasteiger partial charge in [-0.15, -0.1) is 12.4 Å². The molecule has 1 aromatic rings. The Balaban J connectivity index is 0.000000490. The minimum atomic E-state index is 0. The maximum Gasteiger partial charge on any atom is 1.00 e. The van der Waals surface area contributed by atoms with Gasteiger partial charge >= 0.3 is 18.9 Å². The van der Waals surface area contributed by atoms with Gasteiger partial charge in [0.05, 0.1) is 0 Å². The average Bonchev–Trinajstić information content (AvgIpc) is 2.14. The van der Waals surface area contributed by atoms with Gasteiger partial charge in [0.2, 0.25) is 0 Å². The molecule has 1 aromatic heterocycles. The van der Waals surface area contributed by atoms with Gasteiger partial charge in [0.1, 0.15) is 0 Å². The summed E-state index contributed by atoms with van der Waals surface area (Å²) in [5.41, 5.74) is 0. The van der Waals surface area contributed by atoms with Crippen LogP contribution >= 0.6 is 0 Å². The third kappa shape index (κ3) is 1.77. The number of hydrogen-bond donors (Lipinski definition) is 0. The molecule has 0 aliphatic heterocycles. The van der Waals surface area contributed by atoms with Crippen LogP contribution in [0.5, 0.6) is 0 Å². The molecule has 0 atom stereocenters. The topological polar surface area (TPSA) is 4.93 Å². The van der Waals surface area contributed by atoms with Crippen molar-refractivity contribution >= 4 is 0 Å². The van der Waals surface area contributed by atoms with E-state index in [0.717, 1.165) is 6.54 Å². The van der Waals surface area contributed by atoms with E-state index < -0.39 is 0 Å². The summed E-state index contributed by atoms with van der Waals surface area (Å²) in [6.07, 6.45) is 5.00.